The van der Waals surface area contributed by atoms with Crippen molar-refractivity contribution in [3.63, 3.8) is 0 Å². The molecule has 4 unspecified atom stereocenters. The Morgan fingerprint density at radius 1 is 1.42 bits per heavy atom. The Morgan fingerprint density at radius 3 is 2.79 bits per heavy atom. The first kappa shape index (κ1) is 13.1. The minimum absolute atomic E-state index is 0.123. The third kappa shape index (κ3) is 1.83. The highest BCUT2D eigenvalue weighted by atomic mass is 16.5. The Hall–Kier alpha value is -0.900. The second kappa shape index (κ2) is 4.58. The quantitative estimate of drug-likeness (QED) is 0.877. The van der Waals surface area contributed by atoms with E-state index < -0.39 is 6.10 Å². The van der Waals surface area contributed by atoms with Crippen molar-refractivity contribution >= 4 is 0 Å². The lowest BCUT2D eigenvalue weighted by Crippen LogP contribution is -2.44. The van der Waals surface area contributed by atoms with E-state index in [1.807, 2.05) is 12.1 Å². The van der Waals surface area contributed by atoms with Crippen LogP contribution < -0.4 is 5.73 Å². The molecule has 2 aliphatic rings. The van der Waals surface area contributed by atoms with E-state index in [2.05, 4.69) is 19.9 Å². The van der Waals surface area contributed by atoms with E-state index in [9.17, 15) is 5.11 Å². The molecule has 0 amide bonds. The Balaban J connectivity index is 1.98. The van der Waals surface area contributed by atoms with Gasteiger partial charge >= 0.3 is 0 Å². The lowest BCUT2D eigenvalue weighted by molar-refractivity contribution is -0.0267. The minimum atomic E-state index is -0.521. The molecule has 2 aliphatic heterocycles. The van der Waals surface area contributed by atoms with Gasteiger partial charge in [0.1, 0.15) is 0 Å². The van der Waals surface area contributed by atoms with E-state index in [0.29, 0.717) is 12.6 Å². The minimum Gasteiger partial charge on any atom is -0.388 e. The summed E-state index contributed by atoms with van der Waals surface area (Å²) in [5.41, 5.74) is 9.15. The van der Waals surface area contributed by atoms with Gasteiger partial charge in [0.2, 0.25) is 0 Å². The van der Waals surface area contributed by atoms with Gasteiger partial charge in [-0.2, -0.15) is 0 Å². The molecule has 0 radical (unpaired) electrons. The number of benzene rings is 1. The van der Waals surface area contributed by atoms with Crippen LogP contribution in [-0.4, -0.2) is 23.9 Å². The van der Waals surface area contributed by atoms with Crippen molar-refractivity contribution in [2.75, 3.05) is 6.54 Å². The van der Waals surface area contributed by atoms with E-state index in [-0.39, 0.29) is 11.5 Å². The average molecular weight is 261 g/mol. The van der Waals surface area contributed by atoms with Crippen molar-refractivity contribution in [3.8, 4) is 0 Å². The van der Waals surface area contributed by atoms with Gasteiger partial charge in [-0.15, -0.1) is 0 Å². The van der Waals surface area contributed by atoms with Crippen LogP contribution in [0.3, 0.4) is 0 Å². The zero-order chi connectivity index (χ0) is 13.6. The van der Waals surface area contributed by atoms with Crippen molar-refractivity contribution in [1.29, 1.82) is 0 Å². The second-order valence-corrected chi connectivity index (χ2v) is 6.16. The van der Waals surface area contributed by atoms with Gasteiger partial charge in [0.15, 0.2) is 0 Å². The summed E-state index contributed by atoms with van der Waals surface area (Å²) in [6.07, 6.45) is 2.94. The molecular formula is C16H23NO2. The first-order valence-corrected chi connectivity index (χ1v) is 7.18. The largest absolute Gasteiger partial charge is 0.388 e. The van der Waals surface area contributed by atoms with E-state index in [0.717, 1.165) is 24.8 Å². The molecule has 2 fully saturated rings. The van der Waals surface area contributed by atoms with Crippen LogP contribution in [0.4, 0.5) is 0 Å². The van der Waals surface area contributed by atoms with Crippen LogP contribution in [0, 0.1) is 19.3 Å². The zero-order valence-corrected chi connectivity index (χ0v) is 11.7. The number of aliphatic hydroxyl groups excluding tert-OH is 1. The third-order valence-corrected chi connectivity index (χ3v) is 5.22. The van der Waals surface area contributed by atoms with Gasteiger partial charge in [-0.1, -0.05) is 18.2 Å². The second-order valence-electron chi connectivity index (χ2n) is 6.16. The number of aliphatic hydroxyl groups is 1. The summed E-state index contributed by atoms with van der Waals surface area (Å²) in [5.74, 6) is 0. The third-order valence-electron chi connectivity index (χ3n) is 5.22. The highest BCUT2D eigenvalue weighted by molar-refractivity contribution is 5.36. The van der Waals surface area contributed by atoms with Gasteiger partial charge in [-0.25, -0.2) is 0 Å². The number of nitrogens with two attached hydrogens (primary N) is 1. The van der Waals surface area contributed by atoms with Crippen molar-refractivity contribution < 1.29 is 9.84 Å². The van der Waals surface area contributed by atoms with Crippen LogP contribution >= 0.6 is 0 Å². The Kier molecular flexibility index (Phi) is 3.16. The number of ether oxygens (including phenoxy) is 1. The van der Waals surface area contributed by atoms with E-state index >= 15 is 0 Å². The molecule has 2 bridgehead atoms. The van der Waals surface area contributed by atoms with Gasteiger partial charge in [-0.05, 0) is 49.8 Å². The topological polar surface area (TPSA) is 55.5 Å². The normalized spacial score (nSPS) is 34.7. The summed E-state index contributed by atoms with van der Waals surface area (Å²) >= 11 is 0. The fourth-order valence-electron chi connectivity index (χ4n) is 3.83. The maximum absolute atomic E-state index is 10.9. The summed E-state index contributed by atoms with van der Waals surface area (Å²) < 4.78 is 5.95. The lowest BCUT2D eigenvalue weighted by atomic mass is 9.67. The van der Waals surface area contributed by atoms with Crippen molar-refractivity contribution in [2.24, 2.45) is 11.1 Å². The fraction of sp³-hybridized carbons (Fsp3) is 0.625. The summed E-state index contributed by atoms with van der Waals surface area (Å²) in [6.45, 7) is 4.65. The number of fused-ring (bicyclic) bond motifs is 2. The van der Waals surface area contributed by atoms with Crippen LogP contribution in [0.15, 0.2) is 18.2 Å². The molecule has 0 spiro atoms. The molecule has 2 saturated heterocycles. The number of hydrogen-bond donors (Lipinski definition) is 2. The van der Waals surface area contributed by atoms with Crippen LogP contribution in [0.5, 0.6) is 0 Å². The predicted octanol–water partition coefficient (Wildman–Crippen LogP) is 2.23. The van der Waals surface area contributed by atoms with Crippen molar-refractivity contribution in [1.82, 2.24) is 0 Å². The summed E-state index contributed by atoms with van der Waals surface area (Å²) in [7, 11) is 0. The van der Waals surface area contributed by atoms with E-state index in [1.165, 1.54) is 11.1 Å². The predicted molar refractivity (Wildman–Crippen MR) is 74.9 cm³/mol. The molecule has 104 valence electrons. The Bertz CT molecular complexity index is 488. The monoisotopic (exact) mass is 261 g/mol. The molecule has 3 heteroatoms. The van der Waals surface area contributed by atoms with Gasteiger partial charge in [-0.3, -0.25) is 0 Å². The maximum Gasteiger partial charge on any atom is 0.0886 e. The zero-order valence-electron chi connectivity index (χ0n) is 11.7. The first-order chi connectivity index (χ1) is 9.08. The van der Waals surface area contributed by atoms with Crippen LogP contribution in [0.25, 0.3) is 0 Å². The van der Waals surface area contributed by atoms with Crippen LogP contribution in [0.1, 0.15) is 42.1 Å². The molecule has 3 nitrogen and oxygen atoms in total. The van der Waals surface area contributed by atoms with Gasteiger partial charge in [0.05, 0.1) is 18.3 Å². The van der Waals surface area contributed by atoms with Crippen molar-refractivity contribution in [3.05, 3.63) is 34.9 Å². The molecule has 1 aromatic carbocycles. The molecule has 3 rings (SSSR count). The molecule has 0 aromatic heterocycles. The average Bonchev–Trinajstić information content (AvgIpc) is 3.02. The number of aryl methyl sites for hydroxylation is 1. The summed E-state index contributed by atoms with van der Waals surface area (Å²) in [6, 6.07) is 6.12. The highest BCUT2D eigenvalue weighted by Gasteiger charge is 2.55. The molecule has 1 aromatic rings. The molecular weight excluding hydrogens is 238 g/mol. The fourth-order valence-corrected chi connectivity index (χ4v) is 3.83. The molecule has 19 heavy (non-hydrogen) atoms. The molecule has 0 saturated carbocycles. The number of rotatable bonds is 3. The van der Waals surface area contributed by atoms with Gasteiger partial charge in [0, 0.05) is 12.0 Å². The van der Waals surface area contributed by atoms with Crippen molar-refractivity contribution in [2.45, 2.75) is 51.4 Å². The Labute approximate surface area is 114 Å². The summed E-state index contributed by atoms with van der Waals surface area (Å²) in [4.78, 5) is 0. The molecule has 2 heterocycles. The summed E-state index contributed by atoms with van der Waals surface area (Å²) in [5, 5.41) is 10.9. The molecule has 4 atom stereocenters. The van der Waals surface area contributed by atoms with Crippen LogP contribution in [0.2, 0.25) is 0 Å². The maximum atomic E-state index is 10.9. The van der Waals surface area contributed by atoms with E-state index in [4.69, 9.17) is 10.5 Å². The highest BCUT2D eigenvalue weighted by Crippen LogP contribution is 2.54. The standard InChI is InChI=1S/C16H23NO2/c1-10-4-3-5-13(11(10)2)15(18)16(9-17)8-12-6-7-14(16)19-12/h3-5,12,14-15,18H,6-9,17H2,1-2H3. The van der Waals surface area contributed by atoms with E-state index in [1.54, 1.807) is 0 Å². The molecule has 3 N–H and O–H groups in total. The molecule has 0 aliphatic carbocycles. The van der Waals surface area contributed by atoms with Crippen LogP contribution in [-0.2, 0) is 4.74 Å². The smallest absolute Gasteiger partial charge is 0.0886 e. The first-order valence-electron chi connectivity index (χ1n) is 7.18. The SMILES string of the molecule is Cc1cccc(C(O)C2(CN)CC3CCC2O3)c1C. The lowest BCUT2D eigenvalue weighted by Gasteiger charge is -2.39. The van der Waals surface area contributed by atoms with Gasteiger partial charge < -0.3 is 15.6 Å². The van der Waals surface area contributed by atoms with Gasteiger partial charge in [0.25, 0.3) is 0 Å². The number of hydrogen-bond acceptors (Lipinski definition) is 3. The Morgan fingerprint density at radius 2 is 2.21 bits per heavy atom.